The Kier molecular flexibility index (Phi) is 8.16. The Labute approximate surface area is 240 Å². The third kappa shape index (κ3) is 5.78. The topological polar surface area (TPSA) is 108 Å². The number of amides is 3. The van der Waals surface area contributed by atoms with E-state index in [1.165, 1.54) is 11.3 Å². The van der Waals surface area contributed by atoms with E-state index in [0.717, 1.165) is 68.6 Å². The van der Waals surface area contributed by atoms with Crippen LogP contribution in [0.1, 0.15) is 78.0 Å². The minimum absolute atomic E-state index is 0.147. The molecule has 1 aliphatic carbocycles. The molecule has 3 amide bonds. The minimum Gasteiger partial charge on any atom is -0.489 e. The summed E-state index contributed by atoms with van der Waals surface area (Å²) in [7, 11) is 0. The zero-order valence-electron chi connectivity index (χ0n) is 23.4. The number of nitrogens with zero attached hydrogens (tertiary/aromatic N) is 2. The molecule has 0 radical (unpaired) electrons. The number of hydrogen-bond donors (Lipinski definition) is 2. The van der Waals surface area contributed by atoms with Crippen LogP contribution in [0.25, 0.3) is 0 Å². The largest absolute Gasteiger partial charge is 0.489 e. The summed E-state index contributed by atoms with van der Waals surface area (Å²) in [4.78, 5) is 54.7. The van der Waals surface area contributed by atoms with E-state index in [1.54, 1.807) is 12.1 Å². The van der Waals surface area contributed by atoms with E-state index in [0.29, 0.717) is 30.1 Å². The van der Waals surface area contributed by atoms with E-state index >= 15 is 0 Å². The van der Waals surface area contributed by atoms with Gasteiger partial charge >= 0.3 is 0 Å². The third-order valence-corrected chi connectivity index (χ3v) is 9.02. The van der Waals surface area contributed by atoms with E-state index in [9.17, 15) is 19.2 Å². The van der Waals surface area contributed by atoms with Crippen LogP contribution in [-0.4, -0.2) is 65.5 Å². The SMILES string of the molecule is O=C1CCC(N2Cc3c(OCc4ccc(C(C(=O)C5CCCCC5)N5CCNCC5)cc4)cccc3C2=O)C(=O)N1. The molecule has 2 saturated heterocycles. The lowest BCUT2D eigenvalue weighted by atomic mass is 9.81. The number of piperazine rings is 1. The average Bonchev–Trinajstić information content (AvgIpc) is 3.34. The summed E-state index contributed by atoms with van der Waals surface area (Å²) in [6, 6.07) is 12.7. The van der Waals surface area contributed by atoms with Gasteiger partial charge in [-0.25, -0.2) is 0 Å². The predicted octanol–water partition coefficient (Wildman–Crippen LogP) is 3.12. The first-order valence-electron chi connectivity index (χ1n) is 15.0. The van der Waals surface area contributed by atoms with Gasteiger partial charge in [0.05, 0.1) is 12.6 Å². The van der Waals surface area contributed by atoms with Crippen LogP contribution in [0, 0.1) is 5.92 Å². The molecule has 9 heteroatoms. The van der Waals surface area contributed by atoms with Crippen LogP contribution in [0.4, 0.5) is 0 Å². The normalized spacial score (nSPS) is 22.8. The van der Waals surface area contributed by atoms with Crippen molar-refractivity contribution in [2.45, 2.75) is 70.2 Å². The Morgan fingerprint density at radius 1 is 0.951 bits per heavy atom. The second-order valence-corrected chi connectivity index (χ2v) is 11.6. The molecule has 0 aromatic heterocycles. The van der Waals surface area contributed by atoms with E-state index in [1.807, 2.05) is 18.2 Å². The number of Topliss-reactive ketones (excluding diaryl/α,β-unsaturated/α-hetero) is 1. The number of imide groups is 1. The van der Waals surface area contributed by atoms with Gasteiger partial charge in [-0.3, -0.25) is 29.4 Å². The Balaban J connectivity index is 1.15. The molecule has 4 aliphatic rings. The highest BCUT2D eigenvalue weighted by atomic mass is 16.5. The van der Waals surface area contributed by atoms with Crippen LogP contribution in [0.2, 0.25) is 0 Å². The Morgan fingerprint density at radius 3 is 2.44 bits per heavy atom. The van der Waals surface area contributed by atoms with Crippen LogP contribution < -0.4 is 15.4 Å². The summed E-state index contributed by atoms with van der Waals surface area (Å²) in [5, 5.41) is 5.74. The molecule has 6 rings (SSSR count). The zero-order valence-corrected chi connectivity index (χ0v) is 23.4. The fourth-order valence-corrected chi connectivity index (χ4v) is 6.76. The van der Waals surface area contributed by atoms with Crippen LogP contribution >= 0.6 is 0 Å². The first-order chi connectivity index (χ1) is 20.0. The lowest BCUT2D eigenvalue weighted by Crippen LogP contribution is -2.52. The van der Waals surface area contributed by atoms with Crippen molar-refractivity contribution in [3.05, 3.63) is 64.7 Å². The van der Waals surface area contributed by atoms with Crippen LogP contribution in [0.3, 0.4) is 0 Å². The van der Waals surface area contributed by atoms with Gasteiger partial charge in [-0.1, -0.05) is 49.6 Å². The van der Waals surface area contributed by atoms with E-state index in [-0.39, 0.29) is 36.7 Å². The van der Waals surface area contributed by atoms with Crippen molar-refractivity contribution in [3.63, 3.8) is 0 Å². The summed E-state index contributed by atoms with van der Waals surface area (Å²) in [5.74, 6) is 0.177. The first kappa shape index (κ1) is 27.6. The van der Waals surface area contributed by atoms with Crippen molar-refractivity contribution in [2.24, 2.45) is 5.92 Å². The Hall–Kier alpha value is -3.56. The number of ketones is 1. The van der Waals surface area contributed by atoms with Crippen molar-refractivity contribution in [3.8, 4) is 5.75 Å². The molecule has 1 saturated carbocycles. The van der Waals surface area contributed by atoms with Crippen molar-refractivity contribution in [1.82, 2.24) is 20.4 Å². The highest BCUT2D eigenvalue weighted by Gasteiger charge is 2.40. The quantitative estimate of drug-likeness (QED) is 0.480. The van der Waals surface area contributed by atoms with Gasteiger partial charge < -0.3 is 15.0 Å². The molecule has 0 spiro atoms. The molecule has 3 aliphatic heterocycles. The highest BCUT2D eigenvalue weighted by Crippen LogP contribution is 2.35. The van der Waals surface area contributed by atoms with Gasteiger partial charge in [-0.2, -0.15) is 0 Å². The number of ether oxygens (including phenoxy) is 1. The van der Waals surface area contributed by atoms with Crippen molar-refractivity contribution in [1.29, 1.82) is 0 Å². The predicted molar refractivity (Wildman–Crippen MR) is 152 cm³/mol. The van der Waals surface area contributed by atoms with Crippen molar-refractivity contribution < 1.29 is 23.9 Å². The standard InChI is InChI=1S/C32H38N4O5/c37-28-14-13-26(31(39)34-28)36-19-25-24(32(36)40)7-4-8-27(25)41-20-21-9-11-22(12-10-21)29(35-17-15-33-16-18-35)30(38)23-5-2-1-3-6-23/h4,7-12,23,26,29,33H,1-3,5-6,13-20H2,(H,34,37,39). The van der Waals surface area contributed by atoms with E-state index in [2.05, 4.69) is 27.7 Å². The molecule has 0 bridgehead atoms. The van der Waals surface area contributed by atoms with E-state index < -0.39 is 11.9 Å². The van der Waals surface area contributed by atoms with Crippen molar-refractivity contribution in [2.75, 3.05) is 26.2 Å². The van der Waals surface area contributed by atoms with E-state index in [4.69, 9.17) is 4.74 Å². The molecule has 2 aromatic rings. The van der Waals surface area contributed by atoms with Gasteiger partial charge in [0, 0.05) is 49.6 Å². The Morgan fingerprint density at radius 2 is 1.71 bits per heavy atom. The number of hydrogen-bond acceptors (Lipinski definition) is 7. The number of carbonyl (C=O) groups is 4. The summed E-state index contributed by atoms with van der Waals surface area (Å²) in [5.41, 5.74) is 3.30. The van der Waals surface area contributed by atoms with Gasteiger partial charge in [-0.15, -0.1) is 0 Å². The van der Waals surface area contributed by atoms with Crippen LogP contribution in [-0.2, 0) is 27.5 Å². The summed E-state index contributed by atoms with van der Waals surface area (Å²) >= 11 is 0. The maximum absolute atomic E-state index is 13.7. The van der Waals surface area contributed by atoms with Gasteiger partial charge in [0.2, 0.25) is 11.8 Å². The molecular weight excluding hydrogens is 520 g/mol. The second kappa shape index (κ2) is 12.1. The number of rotatable bonds is 8. The highest BCUT2D eigenvalue weighted by molar-refractivity contribution is 6.05. The Bertz CT molecular complexity index is 1310. The molecule has 2 aromatic carbocycles. The van der Waals surface area contributed by atoms with Crippen molar-refractivity contribution >= 4 is 23.5 Å². The fourth-order valence-electron chi connectivity index (χ4n) is 6.76. The number of nitrogens with one attached hydrogen (secondary N) is 2. The molecule has 2 atom stereocenters. The monoisotopic (exact) mass is 558 g/mol. The maximum atomic E-state index is 13.7. The third-order valence-electron chi connectivity index (χ3n) is 9.02. The minimum atomic E-state index is -0.659. The summed E-state index contributed by atoms with van der Waals surface area (Å²) < 4.78 is 6.20. The van der Waals surface area contributed by atoms with Gasteiger partial charge in [-0.05, 0) is 42.5 Å². The fraction of sp³-hybridized carbons (Fsp3) is 0.500. The summed E-state index contributed by atoms with van der Waals surface area (Å²) in [6.07, 6.45) is 6.05. The number of carbonyl (C=O) groups excluding carboxylic acids is 4. The van der Waals surface area contributed by atoms with Crippen LogP contribution in [0.15, 0.2) is 42.5 Å². The lowest BCUT2D eigenvalue weighted by molar-refractivity contribution is -0.137. The number of benzene rings is 2. The average molecular weight is 559 g/mol. The molecule has 3 fully saturated rings. The number of fused-ring (bicyclic) bond motifs is 1. The maximum Gasteiger partial charge on any atom is 0.255 e. The zero-order chi connectivity index (χ0) is 28.3. The van der Waals surface area contributed by atoms with Gasteiger partial charge in [0.1, 0.15) is 18.4 Å². The number of piperidine rings is 1. The first-order valence-corrected chi connectivity index (χ1v) is 15.0. The van der Waals surface area contributed by atoms with Crippen LogP contribution in [0.5, 0.6) is 5.75 Å². The second-order valence-electron chi connectivity index (χ2n) is 11.6. The molecule has 41 heavy (non-hydrogen) atoms. The molecule has 2 N–H and O–H groups in total. The molecule has 216 valence electrons. The van der Waals surface area contributed by atoms with Gasteiger partial charge in [0.25, 0.3) is 5.91 Å². The molecular formula is C32H38N4O5. The molecule has 3 heterocycles. The molecule has 9 nitrogen and oxygen atoms in total. The smallest absolute Gasteiger partial charge is 0.255 e. The molecule has 2 unspecified atom stereocenters. The van der Waals surface area contributed by atoms with Gasteiger partial charge in [0.15, 0.2) is 5.78 Å². The summed E-state index contributed by atoms with van der Waals surface area (Å²) in [6.45, 7) is 4.10. The lowest BCUT2D eigenvalue weighted by Gasteiger charge is -2.36.